The third-order valence-electron chi connectivity index (χ3n) is 2.27. The molecule has 0 aliphatic heterocycles. The van der Waals surface area contributed by atoms with Crippen molar-refractivity contribution in [2.45, 2.75) is 0 Å². The molecule has 18 heavy (non-hydrogen) atoms. The number of para-hydroxylation sites is 1. The summed E-state index contributed by atoms with van der Waals surface area (Å²) >= 11 is 0. The molecular formula is C12H10N4O2. The van der Waals surface area contributed by atoms with Gasteiger partial charge in [0, 0.05) is 12.1 Å². The fourth-order valence-electron chi connectivity index (χ4n) is 1.33. The Morgan fingerprint density at radius 2 is 1.67 bits per heavy atom. The van der Waals surface area contributed by atoms with Gasteiger partial charge < -0.3 is 5.73 Å². The normalized spacial score (nSPS) is 10.7. The van der Waals surface area contributed by atoms with E-state index in [2.05, 4.69) is 10.2 Å². The van der Waals surface area contributed by atoms with Gasteiger partial charge in [-0.15, -0.1) is 5.11 Å². The van der Waals surface area contributed by atoms with Crippen molar-refractivity contribution in [3.05, 3.63) is 58.6 Å². The van der Waals surface area contributed by atoms with Crippen LogP contribution < -0.4 is 5.73 Å². The van der Waals surface area contributed by atoms with Gasteiger partial charge in [-0.25, -0.2) is 0 Å². The summed E-state index contributed by atoms with van der Waals surface area (Å²) in [5.74, 6) is 0. The molecule has 0 saturated carbocycles. The number of anilines is 1. The maximum absolute atomic E-state index is 10.5. The topological polar surface area (TPSA) is 93.9 Å². The van der Waals surface area contributed by atoms with E-state index in [4.69, 9.17) is 5.73 Å². The van der Waals surface area contributed by atoms with Crippen LogP contribution in [0.1, 0.15) is 0 Å². The van der Waals surface area contributed by atoms with E-state index in [1.165, 1.54) is 24.3 Å². The van der Waals surface area contributed by atoms with E-state index in [0.29, 0.717) is 17.1 Å². The number of nitro groups is 1. The van der Waals surface area contributed by atoms with Gasteiger partial charge in [0.2, 0.25) is 0 Å². The van der Waals surface area contributed by atoms with E-state index in [9.17, 15) is 10.1 Å². The number of nitrogens with two attached hydrogens (primary N) is 1. The maximum Gasteiger partial charge on any atom is 0.269 e. The second-order valence-electron chi connectivity index (χ2n) is 3.53. The number of hydrogen-bond acceptors (Lipinski definition) is 5. The van der Waals surface area contributed by atoms with Gasteiger partial charge in [-0.1, -0.05) is 12.1 Å². The van der Waals surface area contributed by atoms with Gasteiger partial charge in [0.25, 0.3) is 5.69 Å². The molecule has 0 atom stereocenters. The monoisotopic (exact) mass is 242 g/mol. The lowest BCUT2D eigenvalue weighted by molar-refractivity contribution is -0.384. The Balaban J connectivity index is 2.19. The minimum absolute atomic E-state index is 0.0215. The molecule has 0 heterocycles. The van der Waals surface area contributed by atoms with Crippen molar-refractivity contribution in [2.75, 3.05) is 5.73 Å². The van der Waals surface area contributed by atoms with Crippen molar-refractivity contribution in [3.63, 3.8) is 0 Å². The Kier molecular flexibility index (Phi) is 3.29. The molecule has 0 amide bonds. The highest BCUT2D eigenvalue weighted by Gasteiger charge is 2.03. The van der Waals surface area contributed by atoms with Crippen LogP contribution in [0, 0.1) is 10.1 Å². The maximum atomic E-state index is 10.5. The highest BCUT2D eigenvalue weighted by molar-refractivity contribution is 5.61. The number of non-ortho nitro benzene ring substituents is 1. The Morgan fingerprint density at radius 3 is 2.28 bits per heavy atom. The predicted molar refractivity (Wildman–Crippen MR) is 68.1 cm³/mol. The van der Waals surface area contributed by atoms with Crippen LogP contribution in [0.2, 0.25) is 0 Å². The smallest absolute Gasteiger partial charge is 0.269 e. The van der Waals surface area contributed by atoms with Crippen LogP contribution >= 0.6 is 0 Å². The van der Waals surface area contributed by atoms with Gasteiger partial charge in [0.1, 0.15) is 5.69 Å². The van der Waals surface area contributed by atoms with Gasteiger partial charge in [-0.05, 0) is 24.3 Å². The average Bonchev–Trinajstić information content (AvgIpc) is 2.38. The summed E-state index contributed by atoms with van der Waals surface area (Å²) in [6.07, 6.45) is 0. The van der Waals surface area contributed by atoms with Crippen LogP contribution in [0.4, 0.5) is 22.7 Å². The first-order valence-corrected chi connectivity index (χ1v) is 5.17. The lowest BCUT2D eigenvalue weighted by Gasteiger charge is -1.97. The van der Waals surface area contributed by atoms with Gasteiger partial charge >= 0.3 is 0 Å². The predicted octanol–water partition coefficient (Wildman–Crippen LogP) is 3.59. The van der Waals surface area contributed by atoms with Crippen molar-refractivity contribution in [3.8, 4) is 0 Å². The van der Waals surface area contributed by atoms with E-state index in [-0.39, 0.29) is 5.69 Å². The van der Waals surface area contributed by atoms with Crippen LogP contribution in [0.5, 0.6) is 0 Å². The number of rotatable bonds is 3. The largest absolute Gasteiger partial charge is 0.397 e. The van der Waals surface area contributed by atoms with E-state index >= 15 is 0 Å². The summed E-state index contributed by atoms with van der Waals surface area (Å²) in [5, 5.41) is 18.4. The molecule has 0 saturated heterocycles. The van der Waals surface area contributed by atoms with Crippen LogP contribution in [0.15, 0.2) is 58.8 Å². The Bertz CT molecular complexity index is 593. The van der Waals surface area contributed by atoms with Gasteiger partial charge in [-0.3, -0.25) is 10.1 Å². The molecule has 6 nitrogen and oxygen atoms in total. The quantitative estimate of drug-likeness (QED) is 0.385. The molecule has 2 aromatic carbocycles. The minimum Gasteiger partial charge on any atom is -0.397 e. The zero-order chi connectivity index (χ0) is 13.0. The highest BCUT2D eigenvalue weighted by atomic mass is 16.6. The highest BCUT2D eigenvalue weighted by Crippen LogP contribution is 2.24. The summed E-state index contributed by atoms with van der Waals surface area (Å²) in [6.45, 7) is 0. The molecule has 2 N–H and O–H groups in total. The van der Waals surface area contributed by atoms with Gasteiger partial charge in [0.15, 0.2) is 0 Å². The van der Waals surface area contributed by atoms with E-state index in [0.717, 1.165) is 0 Å². The first-order valence-electron chi connectivity index (χ1n) is 5.17. The molecule has 0 aliphatic rings. The van der Waals surface area contributed by atoms with Crippen molar-refractivity contribution in [1.29, 1.82) is 0 Å². The molecule has 90 valence electrons. The Labute approximate surface area is 103 Å². The van der Waals surface area contributed by atoms with Crippen molar-refractivity contribution < 1.29 is 4.92 Å². The molecule has 0 fully saturated rings. The summed E-state index contributed by atoms with van der Waals surface area (Å²) < 4.78 is 0. The third kappa shape index (κ3) is 2.67. The molecule has 2 rings (SSSR count). The number of nitrogens with zero attached hydrogens (tertiary/aromatic N) is 3. The Morgan fingerprint density at radius 1 is 1.00 bits per heavy atom. The third-order valence-corrected chi connectivity index (χ3v) is 2.27. The molecule has 6 heteroatoms. The van der Waals surface area contributed by atoms with E-state index in [1.807, 2.05) is 0 Å². The lowest BCUT2D eigenvalue weighted by atomic mass is 10.3. The molecule has 0 unspecified atom stereocenters. The number of hydrogen-bond donors (Lipinski definition) is 1. The molecule has 0 bridgehead atoms. The first kappa shape index (κ1) is 11.7. The zero-order valence-electron chi connectivity index (χ0n) is 9.35. The van der Waals surface area contributed by atoms with Gasteiger partial charge in [0.05, 0.1) is 16.3 Å². The first-order chi connectivity index (χ1) is 8.66. The lowest BCUT2D eigenvalue weighted by Crippen LogP contribution is -1.85. The minimum atomic E-state index is -0.462. The van der Waals surface area contributed by atoms with Crippen molar-refractivity contribution in [1.82, 2.24) is 0 Å². The summed E-state index contributed by atoms with van der Waals surface area (Å²) in [4.78, 5) is 10.0. The molecule has 0 aromatic heterocycles. The van der Waals surface area contributed by atoms with Crippen LogP contribution in [-0.4, -0.2) is 4.92 Å². The van der Waals surface area contributed by atoms with Crippen molar-refractivity contribution in [2.24, 2.45) is 10.2 Å². The van der Waals surface area contributed by atoms with Crippen LogP contribution in [0.25, 0.3) is 0 Å². The number of nitrogen functional groups attached to an aromatic ring is 1. The second-order valence-corrected chi connectivity index (χ2v) is 3.53. The Hall–Kier alpha value is -2.76. The van der Waals surface area contributed by atoms with E-state index < -0.39 is 4.92 Å². The second kappa shape index (κ2) is 5.05. The molecule has 0 radical (unpaired) electrons. The van der Waals surface area contributed by atoms with E-state index in [1.54, 1.807) is 24.3 Å². The summed E-state index contributed by atoms with van der Waals surface area (Å²) in [6, 6.07) is 12.9. The zero-order valence-corrected chi connectivity index (χ0v) is 9.35. The number of nitro benzene ring substituents is 1. The SMILES string of the molecule is Nc1ccccc1N=Nc1ccc([N+](=O)[O-])cc1. The number of azo groups is 1. The average molecular weight is 242 g/mol. The van der Waals surface area contributed by atoms with Crippen molar-refractivity contribution >= 4 is 22.7 Å². The molecule has 0 aliphatic carbocycles. The van der Waals surface area contributed by atoms with Crippen LogP contribution in [-0.2, 0) is 0 Å². The molecule has 0 spiro atoms. The molecular weight excluding hydrogens is 232 g/mol. The fraction of sp³-hybridized carbons (Fsp3) is 0. The molecule has 2 aromatic rings. The van der Waals surface area contributed by atoms with Gasteiger partial charge in [-0.2, -0.15) is 5.11 Å². The van der Waals surface area contributed by atoms with Crippen LogP contribution in [0.3, 0.4) is 0 Å². The summed E-state index contributed by atoms with van der Waals surface area (Å²) in [5.41, 5.74) is 7.35. The fourth-order valence-corrected chi connectivity index (χ4v) is 1.33. The summed E-state index contributed by atoms with van der Waals surface area (Å²) in [7, 11) is 0. The number of benzene rings is 2. The standard InChI is InChI=1S/C12H10N4O2/c13-11-3-1-2-4-12(11)15-14-9-5-7-10(8-6-9)16(17)18/h1-8H,13H2.